The van der Waals surface area contributed by atoms with Crippen LogP contribution in [-0.4, -0.2) is 26.3 Å². The average molecular weight is 425 g/mol. The Morgan fingerprint density at radius 1 is 0.969 bits per heavy atom. The van der Waals surface area contributed by atoms with E-state index in [9.17, 15) is 9.18 Å². The maximum Gasteiger partial charge on any atom is 0.273 e. The summed E-state index contributed by atoms with van der Waals surface area (Å²) in [5, 5.41) is 19.3. The van der Waals surface area contributed by atoms with Gasteiger partial charge >= 0.3 is 0 Å². The molecule has 0 bridgehead atoms. The number of ether oxygens (including phenoxy) is 1. The third-order valence-electron chi connectivity index (χ3n) is 4.84. The summed E-state index contributed by atoms with van der Waals surface area (Å²) in [6, 6.07) is 22.3. The number of aromatic amines is 1. The van der Waals surface area contributed by atoms with Gasteiger partial charge in [-0.25, -0.2) is 4.39 Å². The highest BCUT2D eigenvalue weighted by Crippen LogP contribution is 2.27. The van der Waals surface area contributed by atoms with Gasteiger partial charge in [-0.05, 0) is 48.5 Å². The third kappa shape index (κ3) is 3.89. The molecule has 8 heteroatoms. The summed E-state index contributed by atoms with van der Waals surface area (Å²) >= 11 is 0. The fourth-order valence-corrected chi connectivity index (χ4v) is 3.24. The van der Waals surface area contributed by atoms with Crippen LogP contribution < -0.4 is 10.1 Å². The van der Waals surface area contributed by atoms with Crippen LogP contribution >= 0.6 is 0 Å². The van der Waals surface area contributed by atoms with Crippen molar-refractivity contribution in [3.63, 3.8) is 0 Å². The van der Waals surface area contributed by atoms with E-state index in [1.165, 1.54) is 12.1 Å². The summed E-state index contributed by atoms with van der Waals surface area (Å²) in [5.74, 6) is 0.154. The van der Waals surface area contributed by atoms with E-state index in [0.29, 0.717) is 28.6 Å². The molecule has 0 fully saturated rings. The molecule has 0 saturated carbocycles. The lowest BCUT2D eigenvalue weighted by atomic mass is 10.1. The highest BCUT2D eigenvalue weighted by Gasteiger charge is 2.14. The largest absolute Gasteiger partial charge is 0.437 e. The lowest BCUT2D eigenvalue weighted by molar-refractivity contribution is 0.102. The number of aromatic nitrogens is 4. The molecule has 0 radical (unpaired) electrons. The van der Waals surface area contributed by atoms with E-state index in [0.717, 1.165) is 10.8 Å². The van der Waals surface area contributed by atoms with E-state index in [2.05, 4.69) is 25.7 Å². The number of nitrogens with one attached hydrogen (secondary N) is 2. The molecule has 2 aromatic heterocycles. The molecule has 3 aromatic carbocycles. The van der Waals surface area contributed by atoms with Crippen LogP contribution in [-0.2, 0) is 0 Å². The molecule has 5 rings (SSSR count). The van der Waals surface area contributed by atoms with Gasteiger partial charge in [-0.2, -0.15) is 10.2 Å². The van der Waals surface area contributed by atoms with Gasteiger partial charge in [0.15, 0.2) is 0 Å². The van der Waals surface area contributed by atoms with Crippen LogP contribution in [0.4, 0.5) is 10.1 Å². The van der Waals surface area contributed by atoms with Crippen LogP contribution in [0.15, 0.2) is 85.1 Å². The van der Waals surface area contributed by atoms with E-state index in [-0.39, 0.29) is 5.69 Å². The van der Waals surface area contributed by atoms with Crippen LogP contribution in [0.1, 0.15) is 10.5 Å². The van der Waals surface area contributed by atoms with E-state index in [1.54, 1.807) is 48.7 Å². The van der Waals surface area contributed by atoms with Crippen molar-refractivity contribution >= 4 is 22.4 Å². The molecule has 0 aliphatic rings. The van der Waals surface area contributed by atoms with Crippen LogP contribution in [0.25, 0.3) is 22.0 Å². The predicted octanol–water partition coefficient (Wildman–Crippen LogP) is 5.20. The summed E-state index contributed by atoms with van der Waals surface area (Å²) in [5.41, 5.74) is 1.46. The molecule has 0 unspecified atom stereocenters. The molecule has 5 aromatic rings. The van der Waals surface area contributed by atoms with Crippen molar-refractivity contribution in [1.82, 2.24) is 20.4 Å². The maximum atomic E-state index is 13.9. The summed E-state index contributed by atoms with van der Waals surface area (Å²) in [4.78, 5) is 12.5. The second kappa shape index (κ2) is 8.27. The first-order valence-electron chi connectivity index (χ1n) is 9.77. The number of carbonyl (C=O) groups excluding carboxylic acids is 1. The lowest BCUT2D eigenvalue weighted by Crippen LogP contribution is -2.12. The van der Waals surface area contributed by atoms with Crippen molar-refractivity contribution in [3.8, 4) is 22.9 Å². The summed E-state index contributed by atoms with van der Waals surface area (Å²) in [6.45, 7) is 0. The van der Waals surface area contributed by atoms with Gasteiger partial charge in [-0.3, -0.25) is 9.89 Å². The summed E-state index contributed by atoms with van der Waals surface area (Å²) < 4.78 is 19.8. The SMILES string of the molecule is O=C(Nc1ccc(Oc2nncc3ccccc23)cc1)c1cc(-c2ccccc2F)n[nH]1. The second-order valence-electron chi connectivity index (χ2n) is 6.96. The zero-order chi connectivity index (χ0) is 21.9. The number of fused-ring (bicyclic) bond motifs is 1. The summed E-state index contributed by atoms with van der Waals surface area (Å²) in [6.07, 6.45) is 1.67. The third-order valence-corrected chi connectivity index (χ3v) is 4.84. The molecule has 0 atom stereocenters. The van der Waals surface area contributed by atoms with E-state index in [1.807, 2.05) is 24.3 Å². The Kier molecular flexibility index (Phi) is 5.01. The Hall–Kier alpha value is -4.59. The Labute approximate surface area is 181 Å². The number of anilines is 1. The van der Waals surface area contributed by atoms with Gasteiger partial charge < -0.3 is 10.1 Å². The monoisotopic (exact) mass is 425 g/mol. The van der Waals surface area contributed by atoms with Crippen molar-refractivity contribution in [1.29, 1.82) is 0 Å². The standard InChI is InChI=1S/C24H16FN5O2/c25-20-8-4-3-7-19(20)21-13-22(29-28-21)23(31)27-16-9-11-17(12-10-16)32-24-18-6-2-1-5-15(18)14-26-30-24/h1-14H,(H,27,31)(H,28,29). The number of H-pyrrole nitrogens is 1. The van der Waals surface area contributed by atoms with Gasteiger partial charge in [0.2, 0.25) is 5.88 Å². The molecular weight excluding hydrogens is 409 g/mol. The number of benzene rings is 3. The average Bonchev–Trinajstić information content (AvgIpc) is 3.31. The highest BCUT2D eigenvalue weighted by atomic mass is 19.1. The van der Waals surface area contributed by atoms with E-state index >= 15 is 0 Å². The van der Waals surface area contributed by atoms with Crippen molar-refractivity contribution in [3.05, 3.63) is 96.6 Å². The molecule has 156 valence electrons. The smallest absolute Gasteiger partial charge is 0.273 e. The molecule has 0 saturated heterocycles. The van der Waals surface area contributed by atoms with Crippen molar-refractivity contribution < 1.29 is 13.9 Å². The Morgan fingerprint density at radius 3 is 2.59 bits per heavy atom. The van der Waals surface area contributed by atoms with Gasteiger partial charge in [-0.1, -0.05) is 30.3 Å². The number of rotatable bonds is 5. The van der Waals surface area contributed by atoms with Gasteiger partial charge in [0.25, 0.3) is 5.91 Å². The molecule has 2 heterocycles. The van der Waals surface area contributed by atoms with Gasteiger partial charge in [-0.15, -0.1) is 5.10 Å². The van der Waals surface area contributed by atoms with Crippen molar-refractivity contribution in [2.75, 3.05) is 5.32 Å². The highest BCUT2D eigenvalue weighted by molar-refractivity contribution is 6.03. The van der Waals surface area contributed by atoms with Crippen molar-refractivity contribution in [2.45, 2.75) is 0 Å². The normalized spacial score (nSPS) is 10.8. The van der Waals surface area contributed by atoms with Crippen LogP contribution in [0.3, 0.4) is 0 Å². The molecule has 1 amide bonds. The van der Waals surface area contributed by atoms with Crippen LogP contribution in [0.5, 0.6) is 11.6 Å². The quantitative estimate of drug-likeness (QED) is 0.404. The van der Waals surface area contributed by atoms with Crippen molar-refractivity contribution in [2.24, 2.45) is 0 Å². The second-order valence-corrected chi connectivity index (χ2v) is 6.96. The minimum Gasteiger partial charge on any atom is -0.437 e. The Balaban J connectivity index is 1.29. The zero-order valence-corrected chi connectivity index (χ0v) is 16.6. The number of hydrogen-bond acceptors (Lipinski definition) is 5. The number of carbonyl (C=O) groups is 1. The minimum atomic E-state index is -0.405. The van der Waals surface area contributed by atoms with E-state index < -0.39 is 11.7 Å². The maximum absolute atomic E-state index is 13.9. The zero-order valence-electron chi connectivity index (χ0n) is 16.6. The first-order chi connectivity index (χ1) is 15.7. The fourth-order valence-electron chi connectivity index (χ4n) is 3.24. The summed E-state index contributed by atoms with van der Waals surface area (Å²) in [7, 11) is 0. The lowest BCUT2D eigenvalue weighted by Gasteiger charge is -2.08. The molecule has 0 aliphatic heterocycles. The topological polar surface area (TPSA) is 92.8 Å². The predicted molar refractivity (Wildman–Crippen MR) is 118 cm³/mol. The molecule has 32 heavy (non-hydrogen) atoms. The first-order valence-corrected chi connectivity index (χ1v) is 9.77. The number of nitrogens with zero attached hydrogens (tertiary/aromatic N) is 3. The van der Waals surface area contributed by atoms with Crippen LogP contribution in [0.2, 0.25) is 0 Å². The number of amides is 1. The fraction of sp³-hybridized carbons (Fsp3) is 0. The Bertz CT molecular complexity index is 1410. The molecule has 0 spiro atoms. The number of hydrogen-bond donors (Lipinski definition) is 2. The first kappa shape index (κ1) is 19.4. The van der Waals surface area contributed by atoms with Gasteiger partial charge in [0, 0.05) is 22.0 Å². The van der Waals surface area contributed by atoms with Gasteiger partial charge in [0.05, 0.1) is 11.9 Å². The Morgan fingerprint density at radius 2 is 1.75 bits per heavy atom. The molecule has 7 nitrogen and oxygen atoms in total. The van der Waals surface area contributed by atoms with Crippen LogP contribution in [0, 0.1) is 5.82 Å². The molecule has 0 aliphatic carbocycles. The minimum absolute atomic E-state index is 0.217. The number of halogens is 1. The van der Waals surface area contributed by atoms with Gasteiger partial charge in [0.1, 0.15) is 17.3 Å². The van der Waals surface area contributed by atoms with E-state index in [4.69, 9.17) is 4.74 Å². The molecular formula is C24H16FN5O2. The molecule has 2 N–H and O–H groups in total.